The van der Waals surface area contributed by atoms with E-state index in [0.717, 1.165) is 4.57 Å². The fourth-order valence-electron chi connectivity index (χ4n) is 1.84. The number of hydrogen-bond acceptors (Lipinski definition) is 2. The number of aryl methyl sites for hydroxylation is 1. The smallest absolute Gasteiger partial charge is 0.392 e. The minimum absolute atomic E-state index is 0.0869. The molecule has 2 aromatic rings. The molecule has 2 rings (SSSR count). The molecule has 0 spiro atoms. The molecule has 0 aliphatic rings. The Morgan fingerprint density at radius 3 is 2.50 bits per heavy atom. The molecule has 0 bridgehead atoms. The Balaban J connectivity index is 2.93. The zero-order valence-electron chi connectivity index (χ0n) is 9.45. The lowest BCUT2D eigenvalue weighted by molar-refractivity contribution is -0.136. The van der Waals surface area contributed by atoms with E-state index in [-0.39, 0.29) is 17.5 Å². The third-order valence-electron chi connectivity index (χ3n) is 2.80. The first-order chi connectivity index (χ1) is 8.34. The predicted molar refractivity (Wildman–Crippen MR) is 60.1 cm³/mol. The lowest BCUT2D eigenvalue weighted by Gasteiger charge is -2.13. The summed E-state index contributed by atoms with van der Waals surface area (Å²) in [6.45, 7) is -0.351. The second kappa shape index (κ2) is 4.13. The number of nitrogens with zero attached hydrogens (tertiary/aromatic N) is 1. The minimum Gasteiger partial charge on any atom is -0.392 e. The van der Waals surface area contributed by atoms with Crippen molar-refractivity contribution in [2.45, 2.75) is 12.8 Å². The van der Waals surface area contributed by atoms with Crippen LogP contribution in [0.5, 0.6) is 0 Å². The molecule has 0 aliphatic heterocycles. The van der Waals surface area contributed by atoms with Crippen molar-refractivity contribution in [2.75, 3.05) is 0 Å². The molecule has 6 heteroatoms. The van der Waals surface area contributed by atoms with Crippen LogP contribution in [0.25, 0.3) is 10.9 Å². The fourth-order valence-corrected chi connectivity index (χ4v) is 1.84. The Kier molecular flexibility index (Phi) is 2.90. The number of halogens is 3. The van der Waals surface area contributed by atoms with Gasteiger partial charge in [0.1, 0.15) is 0 Å². The van der Waals surface area contributed by atoms with Crippen molar-refractivity contribution in [2.24, 2.45) is 7.05 Å². The molecule has 96 valence electrons. The van der Waals surface area contributed by atoms with E-state index in [2.05, 4.69) is 0 Å². The highest BCUT2D eigenvalue weighted by atomic mass is 19.4. The molecular formula is C12H10F3NO2. The lowest BCUT2D eigenvalue weighted by Crippen LogP contribution is -2.20. The van der Waals surface area contributed by atoms with Gasteiger partial charge < -0.3 is 9.67 Å². The zero-order chi connectivity index (χ0) is 13.5. The van der Waals surface area contributed by atoms with Gasteiger partial charge in [-0.1, -0.05) is 6.07 Å². The second-order valence-electron chi connectivity index (χ2n) is 3.96. The first-order valence-corrected chi connectivity index (χ1v) is 5.15. The van der Waals surface area contributed by atoms with Gasteiger partial charge in [-0.05, 0) is 17.7 Å². The number of aromatic nitrogens is 1. The summed E-state index contributed by atoms with van der Waals surface area (Å²) < 4.78 is 39.7. The lowest BCUT2D eigenvalue weighted by atomic mass is 10.1. The number of aliphatic hydroxyl groups is 1. The molecule has 1 aromatic carbocycles. The molecule has 0 saturated carbocycles. The standard InChI is InChI=1S/C12H10F3NO2/c1-16-10-3-2-7(6-17)4-8(10)9(5-11(16)18)12(13,14)15/h2-5,17H,6H2,1H3. The average Bonchev–Trinajstić information content (AvgIpc) is 2.31. The van der Waals surface area contributed by atoms with Crippen LogP contribution in [0.4, 0.5) is 13.2 Å². The van der Waals surface area contributed by atoms with Gasteiger partial charge in [0.15, 0.2) is 0 Å². The van der Waals surface area contributed by atoms with Crippen molar-refractivity contribution < 1.29 is 18.3 Å². The maximum atomic E-state index is 12.9. The summed E-state index contributed by atoms with van der Waals surface area (Å²) in [5, 5.41) is 8.88. The summed E-state index contributed by atoms with van der Waals surface area (Å²) in [6, 6.07) is 4.71. The molecule has 0 saturated heterocycles. The highest BCUT2D eigenvalue weighted by Gasteiger charge is 2.33. The van der Waals surface area contributed by atoms with Crippen LogP contribution in [0.15, 0.2) is 29.1 Å². The Morgan fingerprint density at radius 1 is 1.28 bits per heavy atom. The molecule has 0 radical (unpaired) electrons. The van der Waals surface area contributed by atoms with Gasteiger partial charge in [-0.2, -0.15) is 13.2 Å². The summed E-state index contributed by atoms with van der Waals surface area (Å²) in [7, 11) is 1.41. The quantitative estimate of drug-likeness (QED) is 0.849. The van der Waals surface area contributed by atoms with E-state index in [1.54, 1.807) is 0 Å². The van der Waals surface area contributed by atoms with Gasteiger partial charge in [-0.15, -0.1) is 0 Å². The SMILES string of the molecule is Cn1c(=O)cc(C(F)(F)F)c2cc(CO)ccc21. The molecule has 0 atom stereocenters. The van der Waals surface area contributed by atoms with Crippen molar-refractivity contribution in [1.82, 2.24) is 4.57 Å². The van der Waals surface area contributed by atoms with Gasteiger partial charge in [-0.3, -0.25) is 4.79 Å². The Hall–Kier alpha value is -1.82. The number of benzene rings is 1. The molecule has 1 aromatic heterocycles. The molecular weight excluding hydrogens is 247 g/mol. The predicted octanol–water partition coefficient (Wildman–Crippen LogP) is 2.05. The van der Waals surface area contributed by atoms with Crippen molar-refractivity contribution in [3.05, 3.63) is 45.7 Å². The van der Waals surface area contributed by atoms with Crippen molar-refractivity contribution in [1.29, 1.82) is 0 Å². The van der Waals surface area contributed by atoms with Crippen molar-refractivity contribution >= 4 is 10.9 Å². The summed E-state index contributed by atoms with van der Waals surface area (Å²) in [5.41, 5.74) is -1.14. The van der Waals surface area contributed by atoms with Crippen molar-refractivity contribution in [3.8, 4) is 0 Å². The molecule has 0 fully saturated rings. The van der Waals surface area contributed by atoms with E-state index in [9.17, 15) is 18.0 Å². The van der Waals surface area contributed by atoms with E-state index < -0.39 is 17.3 Å². The first-order valence-electron chi connectivity index (χ1n) is 5.15. The Labute approximate surface area is 100 Å². The number of aliphatic hydroxyl groups excluding tert-OH is 1. The van der Waals surface area contributed by atoms with Gasteiger partial charge in [0.25, 0.3) is 5.56 Å². The van der Waals surface area contributed by atoms with Crippen LogP contribution in [0.3, 0.4) is 0 Å². The third kappa shape index (κ3) is 1.99. The molecule has 1 heterocycles. The second-order valence-corrected chi connectivity index (χ2v) is 3.96. The highest BCUT2D eigenvalue weighted by Crippen LogP contribution is 2.33. The monoisotopic (exact) mass is 257 g/mol. The van der Waals surface area contributed by atoms with Crippen LogP contribution < -0.4 is 5.56 Å². The molecule has 0 aliphatic carbocycles. The normalized spacial score (nSPS) is 12.1. The molecule has 18 heavy (non-hydrogen) atoms. The van der Waals surface area contributed by atoms with E-state index in [4.69, 9.17) is 5.11 Å². The number of alkyl halides is 3. The van der Waals surface area contributed by atoms with E-state index in [1.807, 2.05) is 0 Å². The Bertz CT molecular complexity index is 659. The summed E-state index contributed by atoms with van der Waals surface area (Å²) >= 11 is 0. The number of fused-ring (bicyclic) bond motifs is 1. The van der Waals surface area contributed by atoms with Gasteiger partial charge in [0.2, 0.25) is 0 Å². The van der Waals surface area contributed by atoms with Gasteiger partial charge in [0, 0.05) is 18.5 Å². The maximum Gasteiger partial charge on any atom is 0.417 e. The van der Waals surface area contributed by atoms with Crippen LogP contribution >= 0.6 is 0 Å². The first kappa shape index (κ1) is 12.6. The summed E-state index contributed by atoms with van der Waals surface area (Å²) in [5.74, 6) is 0. The maximum absolute atomic E-state index is 12.9. The average molecular weight is 257 g/mol. The van der Waals surface area contributed by atoms with Crippen LogP contribution in [-0.4, -0.2) is 9.67 Å². The largest absolute Gasteiger partial charge is 0.417 e. The fraction of sp³-hybridized carbons (Fsp3) is 0.250. The van der Waals surface area contributed by atoms with Gasteiger partial charge >= 0.3 is 6.18 Å². The number of rotatable bonds is 1. The van der Waals surface area contributed by atoms with E-state index >= 15 is 0 Å². The summed E-state index contributed by atoms with van der Waals surface area (Å²) in [6.07, 6.45) is -4.60. The van der Waals surface area contributed by atoms with E-state index in [1.165, 1.54) is 25.2 Å². The number of hydrogen-bond donors (Lipinski definition) is 1. The highest BCUT2D eigenvalue weighted by molar-refractivity contribution is 5.83. The van der Waals surface area contributed by atoms with Crippen LogP contribution in [0.1, 0.15) is 11.1 Å². The topological polar surface area (TPSA) is 42.2 Å². The Morgan fingerprint density at radius 2 is 1.94 bits per heavy atom. The van der Waals surface area contributed by atoms with E-state index in [0.29, 0.717) is 11.6 Å². The molecule has 0 unspecified atom stereocenters. The number of pyridine rings is 1. The molecule has 1 N–H and O–H groups in total. The van der Waals surface area contributed by atoms with Crippen LogP contribution in [0.2, 0.25) is 0 Å². The molecule has 3 nitrogen and oxygen atoms in total. The molecule has 0 amide bonds. The van der Waals surface area contributed by atoms with Gasteiger partial charge in [-0.25, -0.2) is 0 Å². The minimum atomic E-state index is -4.60. The zero-order valence-corrected chi connectivity index (χ0v) is 9.45. The van der Waals surface area contributed by atoms with Crippen LogP contribution in [-0.2, 0) is 19.8 Å². The van der Waals surface area contributed by atoms with Crippen molar-refractivity contribution in [3.63, 3.8) is 0 Å². The van der Waals surface area contributed by atoms with Gasteiger partial charge in [0.05, 0.1) is 17.7 Å². The summed E-state index contributed by atoms with van der Waals surface area (Å²) in [4.78, 5) is 11.5. The van der Waals surface area contributed by atoms with Crippen LogP contribution in [0, 0.1) is 0 Å². The third-order valence-corrected chi connectivity index (χ3v) is 2.80.